The van der Waals surface area contributed by atoms with E-state index in [1.165, 1.54) is 9.96 Å². The molecular weight excluding hydrogens is 336 g/mol. The fourth-order valence-corrected chi connectivity index (χ4v) is 3.87. The summed E-state index contributed by atoms with van der Waals surface area (Å²) in [5.74, 6) is 0.183. The SMILES string of the molecule is O=CNNC(=O)C1CC2(CC2)C2CN1C(=O)N2OC1=C/C=C\C=C/C=C1. The molecule has 2 aliphatic heterocycles. The van der Waals surface area contributed by atoms with Crippen LogP contribution in [0.2, 0.25) is 0 Å². The summed E-state index contributed by atoms with van der Waals surface area (Å²) >= 11 is 0. The quantitative estimate of drug-likeness (QED) is 0.566. The van der Waals surface area contributed by atoms with Gasteiger partial charge in [0.05, 0.1) is 6.04 Å². The number of hydrogen-bond acceptors (Lipinski definition) is 4. The van der Waals surface area contributed by atoms with E-state index in [1.807, 2.05) is 30.4 Å². The number of carbonyl (C=O) groups excluding carboxylic acids is 3. The molecule has 136 valence electrons. The maximum atomic E-state index is 12.9. The van der Waals surface area contributed by atoms with Crippen molar-refractivity contribution in [3.63, 3.8) is 0 Å². The topological polar surface area (TPSA) is 91.0 Å². The number of piperidine rings is 1. The summed E-state index contributed by atoms with van der Waals surface area (Å²) in [6, 6.07) is -0.995. The van der Waals surface area contributed by atoms with Gasteiger partial charge in [0.15, 0.2) is 5.76 Å². The monoisotopic (exact) mass is 356 g/mol. The number of urea groups is 1. The molecule has 26 heavy (non-hydrogen) atoms. The predicted octanol–water partition coefficient (Wildman–Crippen LogP) is 0.920. The molecule has 0 radical (unpaired) electrons. The van der Waals surface area contributed by atoms with E-state index < -0.39 is 6.04 Å². The van der Waals surface area contributed by atoms with Crippen molar-refractivity contribution in [2.75, 3.05) is 6.54 Å². The number of fused-ring (bicyclic) bond motifs is 3. The van der Waals surface area contributed by atoms with Crippen LogP contribution in [-0.2, 0) is 14.4 Å². The Hall–Kier alpha value is -3.03. The second-order valence-electron chi connectivity index (χ2n) is 6.90. The van der Waals surface area contributed by atoms with Crippen LogP contribution >= 0.6 is 0 Å². The molecule has 1 saturated carbocycles. The number of rotatable bonds is 5. The van der Waals surface area contributed by atoms with E-state index in [2.05, 4.69) is 10.9 Å². The molecule has 4 amide bonds. The van der Waals surface area contributed by atoms with Crippen molar-refractivity contribution in [3.05, 3.63) is 48.3 Å². The number of hydrazine groups is 1. The first-order valence-electron chi connectivity index (χ1n) is 8.63. The summed E-state index contributed by atoms with van der Waals surface area (Å²) in [6.07, 6.45) is 15.8. The zero-order chi connectivity index (χ0) is 18.1. The van der Waals surface area contributed by atoms with E-state index in [4.69, 9.17) is 4.84 Å². The maximum Gasteiger partial charge on any atom is 0.354 e. The summed E-state index contributed by atoms with van der Waals surface area (Å²) in [5, 5.41) is 1.42. The molecule has 0 aromatic rings. The molecule has 4 aliphatic rings. The van der Waals surface area contributed by atoms with Gasteiger partial charge in [-0.2, -0.15) is 5.06 Å². The molecule has 2 bridgehead atoms. The predicted molar refractivity (Wildman–Crippen MR) is 91.7 cm³/mol. The van der Waals surface area contributed by atoms with Gasteiger partial charge >= 0.3 is 6.03 Å². The van der Waals surface area contributed by atoms with Crippen LogP contribution in [-0.4, -0.2) is 46.9 Å². The van der Waals surface area contributed by atoms with Crippen LogP contribution in [0.4, 0.5) is 4.79 Å². The van der Waals surface area contributed by atoms with Gasteiger partial charge in [-0.1, -0.05) is 30.4 Å². The molecule has 8 nitrogen and oxygen atoms in total. The van der Waals surface area contributed by atoms with Gasteiger partial charge in [0.1, 0.15) is 6.04 Å². The third-order valence-corrected chi connectivity index (χ3v) is 5.39. The second-order valence-corrected chi connectivity index (χ2v) is 6.90. The average Bonchev–Trinajstić information content (AvgIpc) is 3.32. The van der Waals surface area contributed by atoms with Crippen molar-refractivity contribution in [2.24, 2.45) is 5.41 Å². The van der Waals surface area contributed by atoms with Crippen molar-refractivity contribution in [1.29, 1.82) is 0 Å². The average molecular weight is 356 g/mol. The largest absolute Gasteiger partial charge is 0.375 e. The lowest BCUT2D eigenvalue weighted by atomic mass is 9.85. The van der Waals surface area contributed by atoms with Crippen LogP contribution in [0.5, 0.6) is 0 Å². The molecule has 2 unspecified atom stereocenters. The minimum absolute atomic E-state index is 0.0719. The maximum absolute atomic E-state index is 12.9. The van der Waals surface area contributed by atoms with Crippen LogP contribution < -0.4 is 10.9 Å². The summed E-state index contributed by atoms with van der Waals surface area (Å²) in [4.78, 5) is 43.1. The smallest absolute Gasteiger partial charge is 0.354 e. The van der Waals surface area contributed by atoms with Gasteiger partial charge in [-0.25, -0.2) is 4.79 Å². The summed E-state index contributed by atoms with van der Waals surface area (Å²) in [5.41, 5.74) is 4.40. The van der Waals surface area contributed by atoms with E-state index in [0.717, 1.165) is 12.8 Å². The molecule has 2 saturated heterocycles. The fourth-order valence-electron chi connectivity index (χ4n) is 3.87. The molecule has 8 heteroatoms. The first-order valence-corrected chi connectivity index (χ1v) is 8.63. The highest BCUT2D eigenvalue weighted by Gasteiger charge is 2.64. The molecule has 2 N–H and O–H groups in total. The van der Waals surface area contributed by atoms with Gasteiger partial charge in [-0.3, -0.25) is 20.4 Å². The summed E-state index contributed by atoms with van der Waals surface area (Å²) in [6.45, 7) is 0.449. The first kappa shape index (κ1) is 16.4. The Kier molecular flexibility index (Phi) is 4.02. The minimum atomic E-state index is -0.605. The number of nitrogens with one attached hydrogen (secondary N) is 2. The van der Waals surface area contributed by atoms with E-state index >= 15 is 0 Å². The highest BCUT2D eigenvalue weighted by atomic mass is 16.7. The van der Waals surface area contributed by atoms with Crippen molar-refractivity contribution in [3.8, 4) is 0 Å². The lowest BCUT2D eigenvalue weighted by Gasteiger charge is -2.35. The van der Waals surface area contributed by atoms with E-state index in [-0.39, 0.29) is 23.4 Å². The Morgan fingerprint density at radius 3 is 2.77 bits per heavy atom. The highest BCUT2D eigenvalue weighted by Crippen LogP contribution is 2.59. The molecule has 0 aromatic carbocycles. The Balaban J connectivity index is 1.55. The molecular formula is C18H20N4O4. The van der Waals surface area contributed by atoms with Gasteiger partial charge < -0.3 is 9.74 Å². The normalized spacial score (nSPS) is 30.2. The molecule has 0 aromatic heterocycles. The number of allylic oxidation sites excluding steroid dienone is 7. The number of nitrogens with zero attached hydrogens (tertiary/aromatic N) is 2. The van der Waals surface area contributed by atoms with Gasteiger partial charge in [-0.05, 0) is 36.8 Å². The van der Waals surface area contributed by atoms with Crippen LogP contribution in [0.1, 0.15) is 19.3 Å². The number of hydroxylamine groups is 2. The van der Waals surface area contributed by atoms with E-state index in [0.29, 0.717) is 25.1 Å². The lowest BCUT2D eigenvalue weighted by molar-refractivity contribution is -0.130. The van der Waals surface area contributed by atoms with Crippen molar-refractivity contribution in [1.82, 2.24) is 20.8 Å². The molecule has 2 atom stereocenters. The molecule has 2 aliphatic carbocycles. The number of carbonyl (C=O) groups is 3. The molecule has 3 fully saturated rings. The Bertz CT molecular complexity index is 750. The highest BCUT2D eigenvalue weighted by molar-refractivity contribution is 5.89. The van der Waals surface area contributed by atoms with Crippen molar-refractivity contribution >= 4 is 18.3 Å². The zero-order valence-electron chi connectivity index (χ0n) is 14.1. The van der Waals surface area contributed by atoms with Crippen LogP contribution in [0.25, 0.3) is 0 Å². The lowest BCUT2D eigenvalue weighted by Crippen LogP contribution is -2.55. The standard InChI is InChI=1S/C18H20N4O4/c23-12-19-20-16(24)14-10-18(8-9-18)15-11-21(14)17(25)22(15)26-13-6-4-2-1-3-5-7-13/h1-7,12,14-15H,8-11H2,(H,19,23)(H,20,24)/b2-1-,3-1?,4-2?,5-3-,6-4?,7-5?,13-6?,13-7?. The third-order valence-electron chi connectivity index (χ3n) is 5.39. The summed E-state index contributed by atoms with van der Waals surface area (Å²) < 4.78 is 0. The first-order chi connectivity index (χ1) is 12.6. The third kappa shape index (κ3) is 2.77. The Morgan fingerprint density at radius 2 is 2.00 bits per heavy atom. The van der Waals surface area contributed by atoms with Gasteiger partial charge in [0, 0.05) is 6.54 Å². The summed E-state index contributed by atoms with van der Waals surface area (Å²) in [7, 11) is 0. The Morgan fingerprint density at radius 1 is 1.23 bits per heavy atom. The minimum Gasteiger partial charge on any atom is -0.375 e. The van der Waals surface area contributed by atoms with Gasteiger partial charge in [0.2, 0.25) is 6.41 Å². The zero-order valence-corrected chi connectivity index (χ0v) is 14.1. The van der Waals surface area contributed by atoms with Crippen LogP contribution in [0, 0.1) is 5.41 Å². The molecule has 1 spiro atoms. The number of hydrogen-bond donors (Lipinski definition) is 2. The fraction of sp³-hybridized carbons (Fsp3) is 0.389. The second kappa shape index (κ2) is 6.36. The van der Waals surface area contributed by atoms with Crippen molar-refractivity contribution in [2.45, 2.75) is 31.3 Å². The number of amides is 4. The molecule has 2 heterocycles. The van der Waals surface area contributed by atoms with Crippen LogP contribution in [0.3, 0.4) is 0 Å². The molecule has 4 rings (SSSR count). The van der Waals surface area contributed by atoms with Gasteiger partial charge in [0.25, 0.3) is 5.91 Å². The van der Waals surface area contributed by atoms with Crippen molar-refractivity contribution < 1.29 is 19.2 Å². The van der Waals surface area contributed by atoms with Gasteiger partial charge in [-0.15, -0.1) is 0 Å². The van der Waals surface area contributed by atoms with E-state index in [9.17, 15) is 14.4 Å². The van der Waals surface area contributed by atoms with Crippen LogP contribution in [0.15, 0.2) is 48.3 Å². The van der Waals surface area contributed by atoms with E-state index in [1.54, 1.807) is 12.2 Å². The Labute approximate surface area is 150 Å².